The van der Waals surface area contributed by atoms with E-state index >= 15 is 0 Å². The molecule has 34 heavy (non-hydrogen) atoms. The van der Waals surface area contributed by atoms with Crippen LogP contribution in [0.2, 0.25) is 10.0 Å². The molecule has 172 valence electrons. The fourth-order valence-electron chi connectivity index (χ4n) is 3.29. The number of methoxy groups -OCH3 is 2. The monoisotopic (exact) mass is 496 g/mol. The molecule has 0 saturated carbocycles. The lowest BCUT2D eigenvalue weighted by Gasteiger charge is -2.10. The Balaban J connectivity index is 1.72. The van der Waals surface area contributed by atoms with E-state index in [0.29, 0.717) is 38.3 Å². The summed E-state index contributed by atoms with van der Waals surface area (Å²) in [6, 6.07) is 16.4. The van der Waals surface area contributed by atoms with E-state index in [1.807, 2.05) is 0 Å². The molecule has 6 nitrogen and oxygen atoms in total. The van der Waals surface area contributed by atoms with E-state index < -0.39 is 11.4 Å². The molecule has 1 heterocycles. The van der Waals surface area contributed by atoms with E-state index in [1.54, 1.807) is 54.6 Å². The molecule has 0 radical (unpaired) electrons. The van der Waals surface area contributed by atoms with Crippen LogP contribution in [-0.2, 0) is 4.79 Å². The van der Waals surface area contributed by atoms with Crippen molar-refractivity contribution in [1.29, 1.82) is 0 Å². The van der Waals surface area contributed by atoms with Gasteiger partial charge in [0.05, 0.1) is 19.6 Å². The highest BCUT2D eigenvalue weighted by Gasteiger charge is 2.20. The van der Waals surface area contributed by atoms with Crippen LogP contribution < -0.4 is 19.6 Å². The van der Waals surface area contributed by atoms with Crippen molar-refractivity contribution in [3.8, 4) is 28.6 Å². The van der Waals surface area contributed by atoms with Gasteiger partial charge in [0.2, 0.25) is 11.2 Å². The number of esters is 1. The van der Waals surface area contributed by atoms with Crippen LogP contribution >= 0.6 is 23.2 Å². The van der Waals surface area contributed by atoms with Crippen LogP contribution in [0.15, 0.2) is 76.0 Å². The summed E-state index contributed by atoms with van der Waals surface area (Å²) in [5, 5.41) is 1.05. The molecule has 0 unspecified atom stereocenters. The number of benzene rings is 3. The van der Waals surface area contributed by atoms with Gasteiger partial charge < -0.3 is 18.6 Å². The van der Waals surface area contributed by atoms with Crippen LogP contribution in [-0.4, -0.2) is 20.2 Å². The van der Waals surface area contributed by atoms with E-state index in [9.17, 15) is 9.59 Å². The first kappa shape index (κ1) is 23.4. The van der Waals surface area contributed by atoms with Crippen LogP contribution in [0.4, 0.5) is 0 Å². The summed E-state index contributed by atoms with van der Waals surface area (Å²) in [5.41, 5.74) is 0.969. The molecule has 4 rings (SSSR count). The van der Waals surface area contributed by atoms with Crippen molar-refractivity contribution in [3.05, 3.63) is 92.6 Å². The first-order chi connectivity index (χ1) is 16.4. The van der Waals surface area contributed by atoms with Crippen molar-refractivity contribution in [2.45, 2.75) is 0 Å². The quantitative estimate of drug-likeness (QED) is 0.227. The minimum Gasteiger partial charge on any atom is -0.493 e. The van der Waals surface area contributed by atoms with Crippen LogP contribution in [0.5, 0.6) is 17.2 Å². The highest BCUT2D eigenvalue weighted by Crippen LogP contribution is 2.33. The molecule has 0 fully saturated rings. The Labute approximate surface area is 204 Å². The summed E-state index contributed by atoms with van der Waals surface area (Å²) in [4.78, 5) is 25.9. The second-order valence-electron chi connectivity index (χ2n) is 7.11. The van der Waals surface area contributed by atoms with Crippen LogP contribution in [0.25, 0.3) is 28.4 Å². The molecule has 0 spiro atoms. The van der Waals surface area contributed by atoms with Gasteiger partial charge in [-0.3, -0.25) is 4.79 Å². The van der Waals surface area contributed by atoms with Crippen molar-refractivity contribution >= 4 is 46.2 Å². The average molecular weight is 497 g/mol. The van der Waals surface area contributed by atoms with Crippen molar-refractivity contribution < 1.29 is 23.4 Å². The average Bonchev–Trinajstić information content (AvgIpc) is 2.85. The van der Waals surface area contributed by atoms with Gasteiger partial charge in [-0.15, -0.1) is 0 Å². The fourth-order valence-corrected chi connectivity index (χ4v) is 3.59. The number of ether oxygens (including phenoxy) is 3. The highest BCUT2D eigenvalue weighted by molar-refractivity contribution is 6.31. The number of fused-ring (bicyclic) bond motifs is 1. The lowest BCUT2D eigenvalue weighted by atomic mass is 10.1. The molecule has 0 amide bonds. The predicted octanol–water partition coefficient (Wildman–Crippen LogP) is 6.40. The highest BCUT2D eigenvalue weighted by atomic mass is 35.5. The smallest absolute Gasteiger partial charge is 0.336 e. The second-order valence-corrected chi connectivity index (χ2v) is 7.98. The SMILES string of the molecule is COc1ccc(/C=C/C(=O)Oc2c(-c3ccc(Cl)cc3)oc3ccc(Cl)cc3c2=O)cc1OC. The lowest BCUT2D eigenvalue weighted by molar-refractivity contribution is -0.129. The Morgan fingerprint density at radius 2 is 1.59 bits per heavy atom. The Morgan fingerprint density at radius 3 is 2.29 bits per heavy atom. The van der Waals surface area contributed by atoms with Crippen molar-refractivity contribution in [3.63, 3.8) is 0 Å². The Morgan fingerprint density at radius 1 is 0.882 bits per heavy atom. The fraction of sp³-hybridized carbons (Fsp3) is 0.0769. The molecule has 0 bridgehead atoms. The predicted molar refractivity (Wildman–Crippen MR) is 132 cm³/mol. The van der Waals surface area contributed by atoms with Gasteiger partial charge in [0, 0.05) is 21.7 Å². The normalized spacial score (nSPS) is 11.1. The maximum absolute atomic E-state index is 13.2. The zero-order valence-corrected chi connectivity index (χ0v) is 19.6. The largest absolute Gasteiger partial charge is 0.493 e. The van der Waals surface area contributed by atoms with E-state index in [2.05, 4.69) is 0 Å². The number of rotatable bonds is 6. The number of halogens is 2. The molecule has 0 saturated heterocycles. The van der Waals surface area contributed by atoms with Crippen LogP contribution in [0, 0.1) is 0 Å². The minimum atomic E-state index is -0.765. The van der Waals surface area contributed by atoms with E-state index in [-0.39, 0.29) is 16.9 Å². The number of carbonyl (C=O) groups is 1. The van der Waals surface area contributed by atoms with Gasteiger partial charge >= 0.3 is 5.97 Å². The third kappa shape index (κ3) is 4.93. The Hall–Kier alpha value is -3.74. The van der Waals surface area contributed by atoms with Crippen molar-refractivity contribution in [1.82, 2.24) is 0 Å². The minimum absolute atomic E-state index is 0.101. The van der Waals surface area contributed by atoms with Crippen LogP contribution in [0.1, 0.15) is 5.56 Å². The van der Waals surface area contributed by atoms with E-state index in [1.165, 1.54) is 32.4 Å². The zero-order valence-electron chi connectivity index (χ0n) is 18.1. The maximum atomic E-state index is 13.2. The van der Waals surface area contributed by atoms with Gasteiger partial charge in [-0.2, -0.15) is 0 Å². The molecule has 0 atom stereocenters. The number of carbonyl (C=O) groups excluding carboxylic acids is 1. The molecule has 0 aliphatic rings. The van der Waals surface area contributed by atoms with E-state index in [0.717, 1.165) is 0 Å². The Kier molecular flexibility index (Phi) is 6.91. The van der Waals surface area contributed by atoms with Gasteiger partial charge in [0.25, 0.3) is 0 Å². The standard InChI is InChI=1S/C26H18Cl2O6/c1-31-21-10-3-15(13-22(21)32-2)4-12-23(29)34-26-24(30)19-14-18(28)9-11-20(19)33-25(26)16-5-7-17(27)8-6-16/h3-14H,1-2H3/b12-4+. The molecule has 1 aromatic heterocycles. The topological polar surface area (TPSA) is 75.0 Å². The number of hydrogen-bond donors (Lipinski definition) is 0. The van der Waals surface area contributed by atoms with Gasteiger partial charge in [-0.25, -0.2) is 4.79 Å². The van der Waals surface area contributed by atoms with Gasteiger partial charge in [0.15, 0.2) is 17.3 Å². The summed E-state index contributed by atoms with van der Waals surface area (Å²) >= 11 is 12.0. The summed E-state index contributed by atoms with van der Waals surface area (Å²) in [5.74, 6) is 0.152. The molecular formula is C26H18Cl2O6. The van der Waals surface area contributed by atoms with Crippen molar-refractivity contribution in [2.75, 3.05) is 14.2 Å². The lowest BCUT2D eigenvalue weighted by Crippen LogP contribution is -2.14. The molecule has 8 heteroatoms. The summed E-state index contributed by atoms with van der Waals surface area (Å²) < 4.78 is 21.9. The molecular weight excluding hydrogens is 479 g/mol. The molecule has 0 aliphatic carbocycles. The first-order valence-corrected chi connectivity index (χ1v) is 10.8. The molecule has 0 N–H and O–H groups in total. The second kappa shape index (κ2) is 10.0. The third-order valence-electron chi connectivity index (χ3n) is 4.94. The summed E-state index contributed by atoms with van der Waals surface area (Å²) in [6.07, 6.45) is 2.74. The van der Waals surface area contributed by atoms with Gasteiger partial charge in [-0.1, -0.05) is 29.3 Å². The maximum Gasteiger partial charge on any atom is 0.336 e. The number of hydrogen-bond acceptors (Lipinski definition) is 6. The molecule has 0 aliphatic heterocycles. The van der Waals surface area contributed by atoms with Crippen LogP contribution in [0.3, 0.4) is 0 Å². The van der Waals surface area contributed by atoms with Crippen molar-refractivity contribution in [2.24, 2.45) is 0 Å². The summed E-state index contributed by atoms with van der Waals surface area (Å²) in [7, 11) is 3.05. The molecule has 3 aromatic carbocycles. The molecule has 4 aromatic rings. The third-order valence-corrected chi connectivity index (χ3v) is 5.43. The first-order valence-electron chi connectivity index (χ1n) is 10.0. The zero-order chi connectivity index (χ0) is 24.2. The Bertz CT molecular complexity index is 1460. The van der Waals surface area contributed by atoms with Gasteiger partial charge in [0.1, 0.15) is 5.58 Å². The van der Waals surface area contributed by atoms with E-state index in [4.69, 9.17) is 41.8 Å². The van der Waals surface area contributed by atoms with Gasteiger partial charge in [-0.05, 0) is 66.2 Å². The summed E-state index contributed by atoms with van der Waals surface area (Å²) in [6.45, 7) is 0.